The molecule has 0 saturated carbocycles. The van der Waals surface area contributed by atoms with E-state index in [9.17, 15) is 9.59 Å². The molecule has 25 heavy (non-hydrogen) atoms. The monoisotopic (exact) mass is 358 g/mol. The van der Waals surface area contributed by atoms with Crippen LogP contribution in [0.4, 0.5) is 10.7 Å². The summed E-state index contributed by atoms with van der Waals surface area (Å²) in [6, 6.07) is 11.7. The van der Waals surface area contributed by atoms with Gasteiger partial charge in [0.05, 0.1) is 11.6 Å². The summed E-state index contributed by atoms with van der Waals surface area (Å²) in [7, 11) is 0. The van der Waals surface area contributed by atoms with Crippen LogP contribution < -0.4 is 16.0 Å². The molecule has 1 fully saturated rings. The van der Waals surface area contributed by atoms with Crippen molar-refractivity contribution in [3.8, 4) is 0 Å². The molecule has 1 aliphatic rings. The number of primary amides is 1. The van der Waals surface area contributed by atoms with Crippen molar-refractivity contribution in [1.82, 2.24) is 4.90 Å². The van der Waals surface area contributed by atoms with E-state index in [1.54, 1.807) is 11.4 Å². The molecule has 0 aliphatic carbocycles. The Morgan fingerprint density at radius 3 is 2.44 bits per heavy atom. The summed E-state index contributed by atoms with van der Waals surface area (Å²) in [5.74, 6) is -0.640. The number of piperazine rings is 1. The second-order valence-electron chi connectivity index (χ2n) is 6.05. The maximum atomic E-state index is 12.5. The highest BCUT2D eigenvalue weighted by molar-refractivity contribution is 7.14. The summed E-state index contributed by atoms with van der Waals surface area (Å²) in [6.07, 6.45) is 0. The fourth-order valence-corrected chi connectivity index (χ4v) is 3.78. The summed E-state index contributed by atoms with van der Waals surface area (Å²) < 4.78 is 0. The van der Waals surface area contributed by atoms with Gasteiger partial charge in [-0.15, -0.1) is 11.3 Å². The van der Waals surface area contributed by atoms with E-state index in [4.69, 9.17) is 5.73 Å². The van der Waals surface area contributed by atoms with Crippen LogP contribution in [0.5, 0.6) is 0 Å². The van der Waals surface area contributed by atoms with Crippen LogP contribution in [0.25, 0.3) is 0 Å². The Morgan fingerprint density at radius 2 is 1.80 bits per heavy atom. The lowest BCUT2D eigenvalue weighted by Gasteiger charge is -2.38. The molecule has 2 amide bonds. The van der Waals surface area contributed by atoms with Crippen molar-refractivity contribution < 1.29 is 9.59 Å². The second kappa shape index (κ2) is 7.67. The minimum atomic E-state index is -0.527. The molecule has 0 spiro atoms. The molecule has 1 aliphatic heterocycles. The Bertz CT molecular complexity index is 739. The molecule has 1 aromatic carbocycles. The highest BCUT2D eigenvalue weighted by Crippen LogP contribution is 2.23. The average Bonchev–Trinajstić information content (AvgIpc) is 3.10. The quantitative estimate of drug-likeness (QED) is 0.857. The first-order valence-electron chi connectivity index (χ1n) is 8.28. The van der Waals surface area contributed by atoms with Gasteiger partial charge in [0.15, 0.2) is 0 Å². The van der Waals surface area contributed by atoms with Gasteiger partial charge in [-0.1, -0.05) is 18.2 Å². The summed E-state index contributed by atoms with van der Waals surface area (Å²) >= 11 is 1.31. The standard InChI is InChI=1S/C18H22N4O2S/c1-13(17(24)20-18-15(16(19)23)7-12-25-18)21-8-10-22(11-9-21)14-5-3-2-4-6-14/h2-7,12-13H,8-11H2,1H3,(H2,19,23)(H,20,24)/t13-/m0/s1. The van der Waals surface area contributed by atoms with Crippen molar-refractivity contribution in [2.75, 3.05) is 36.4 Å². The number of rotatable bonds is 5. The predicted octanol–water partition coefficient (Wildman–Crippen LogP) is 2.00. The van der Waals surface area contributed by atoms with E-state index in [1.165, 1.54) is 17.0 Å². The van der Waals surface area contributed by atoms with Crippen LogP contribution >= 0.6 is 11.3 Å². The van der Waals surface area contributed by atoms with Crippen molar-refractivity contribution in [3.05, 3.63) is 47.3 Å². The highest BCUT2D eigenvalue weighted by atomic mass is 32.1. The van der Waals surface area contributed by atoms with Crippen molar-refractivity contribution in [2.24, 2.45) is 5.73 Å². The van der Waals surface area contributed by atoms with Gasteiger partial charge in [-0.3, -0.25) is 14.5 Å². The SMILES string of the molecule is C[C@@H](C(=O)Nc1sccc1C(N)=O)N1CCN(c2ccccc2)CC1. The molecule has 2 aromatic rings. The second-order valence-corrected chi connectivity index (χ2v) is 6.97. The molecule has 1 saturated heterocycles. The minimum absolute atomic E-state index is 0.113. The van der Waals surface area contributed by atoms with E-state index < -0.39 is 5.91 Å². The fraction of sp³-hybridized carbons (Fsp3) is 0.333. The number of anilines is 2. The van der Waals surface area contributed by atoms with Crippen molar-refractivity contribution in [3.63, 3.8) is 0 Å². The number of thiophene rings is 1. The number of hydrogen-bond donors (Lipinski definition) is 2. The van der Waals surface area contributed by atoms with Gasteiger partial charge in [0.25, 0.3) is 5.91 Å². The van der Waals surface area contributed by atoms with Gasteiger partial charge in [-0.2, -0.15) is 0 Å². The van der Waals surface area contributed by atoms with Gasteiger partial charge in [-0.25, -0.2) is 0 Å². The maximum Gasteiger partial charge on any atom is 0.251 e. The lowest BCUT2D eigenvalue weighted by Crippen LogP contribution is -2.52. The lowest BCUT2D eigenvalue weighted by molar-refractivity contribution is -0.120. The molecule has 3 N–H and O–H groups in total. The molecule has 132 valence electrons. The number of carbonyl (C=O) groups excluding carboxylic acids is 2. The lowest BCUT2D eigenvalue weighted by atomic mass is 10.2. The molecule has 1 atom stereocenters. The van der Waals surface area contributed by atoms with Gasteiger partial charge in [0.1, 0.15) is 5.00 Å². The molecule has 3 rings (SSSR count). The van der Waals surface area contributed by atoms with E-state index in [1.807, 2.05) is 25.1 Å². The Labute approximate surface area is 151 Å². The number of carbonyl (C=O) groups is 2. The van der Waals surface area contributed by atoms with Gasteiger partial charge in [0.2, 0.25) is 5.91 Å². The number of nitrogens with one attached hydrogen (secondary N) is 1. The topological polar surface area (TPSA) is 78.7 Å². The number of hydrogen-bond acceptors (Lipinski definition) is 5. The first-order chi connectivity index (χ1) is 12.1. The first-order valence-corrected chi connectivity index (χ1v) is 9.16. The largest absolute Gasteiger partial charge is 0.369 e. The predicted molar refractivity (Wildman–Crippen MR) is 101 cm³/mol. The van der Waals surface area contributed by atoms with Gasteiger partial charge in [-0.05, 0) is 30.5 Å². The van der Waals surface area contributed by atoms with Crippen LogP contribution in [-0.4, -0.2) is 48.9 Å². The van der Waals surface area contributed by atoms with Crippen molar-refractivity contribution in [2.45, 2.75) is 13.0 Å². The van der Waals surface area contributed by atoms with E-state index in [0.29, 0.717) is 10.6 Å². The van der Waals surface area contributed by atoms with Crippen LogP contribution in [0.15, 0.2) is 41.8 Å². The molecule has 1 aromatic heterocycles. The number of amides is 2. The zero-order chi connectivity index (χ0) is 17.8. The molecule has 0 bridgehead atoms. The molecule has 7 heteroatoms. The maximum absolute atomic E-state index is 12.5. The first kappa shape index (κ1) is 17.4. The average molecular weight is 358 g/mol. The Hall–Kier alpha value is -2.38. The molecule has 0 unspecified atom stereocenters. The molecule has 2 heterocycles. The van der Waals surface area contributed by atoms with Gasteiger partial charge >= 0.3 is 0 Å². The van der Waals surface area contributed by atoms with Crippen molar-refractivity contribution in [1.29, 1.82) is 0 Å². The summed E-state index contributed by atoms with van der Waals surface area (Å²) in [4.78, 5) is 28.4. The fourth-order valence-electron chi connectivity index (χ4n) is 2.99. The summed E-state index contributed by atoms with van der Waals surface area (Å²) in [5, 5.41) is 5.10. The van der Waals surface area contributed by atoms with E-state index in [0.717, 1.165) is 26.2 Å². The highest BCUT2D eigenvalue weighted by Gasteiger charge is 2.26. The number of para-hydroxylation sites is 1. The number of benzene rings is 1. The Balaban J connectivity index is 1.57. The smallest absolute Gasteiger partial charge is 0.251 e. The van der Waals surface area contributed by atoms with Crippen LogP contribution in [0.1, 0.15) is 17.3 Å². The van der Waals surface area contributed by atoms with Gasteiger partial charge in [0, 0.05) is 31.9 Å². The third kappa shape index (κ3) is 4.00. The van der Waals surface area contributed by atoms with Crippen LogP contribution in [-0.2, 0) is 4.79 Å². The number of nitrogens with two attached hydrogens (primary N) is 1. The van der Waals surface area contributed by atoms with E-state index >= 15 is 0 Å². The number of nitrogens with zero attached hydrogens (tertiary/aromatic N) is 2. The molecular formula is C18H22N4O2S. The summed E-state index contributed by atoms with van der Waals surface area (Å²) in [6.45, 7) is 5.29. The van der Waals surface area contributed by atoms with Crippen LogP contribution in [0, 0.1) is 0 Å². The van der Waals surface area contributed by atoms with Gasteiger partial charge < -0.3 is 16.0 Å². The third-order valence-electron chi connectivity index (χ3n) is 4.53. The zero-order valence-corrected chi connectivity index (χ0v) is 15.0. The van der Waals surface area contributed by atoms with E-state index in [-0.39, 0.29) is 11.9 Å². The normalized spacial score (nSPS) is 16.4. The molecular weight excluding hydrogens is 336 g/mol. The minimum Gasteiger partial charge on any atom is -0.369 e. The Kier molecular flexibility index (Phi) is 5.35. The van der Waals surface area contributed by atoms with Crippen molar-refractivity contribution >= 4 is 33.8 Å². The zero-order valence-electron chi connectivity index (χ0n) is 14.1. The molecule has 0 radical (unpaired) electrons. The van der Waals surface area contributed by atoms with Crippen LogP contribution in [0.3, 0.4) is 0 Å². The van der Waals surface area contributed by atoms with E-state index in [2.05, 4.69) is 27.2 Å². The third-order valence-corrected chi connectivity index (χ3v) is 5.36. The Morgan fingerprint density at radius 1 is 1.12 bits per heavy atom. The molecule has 6 nitrogen and oxygen atoms in total. The van der Waals surface area contributed by atoms with Crippen LogP contribution in [0.2, 0.25) is 0 Å². The summed E-state index contributed by atoms with van der Waals surface area (Å²) in [5.41, 5.74) is 6.90.